The number of halogens is 3. The van der Waals surface area contributed by atoms with Gasteiger partial charge < -0.3 is 15.2 Å². The molecule has 0 bridgehead atoms. The SMILES string of the molecule is CO[C@H](C)[C@H](NC(=O)C1(C(F)(F)F)CC1)C(=O)O. The third-order valence-corrected chi connectivity index (χ3v) is 3.12. The van der Waals surface area contributed by atoms with Crippen LogP contribution in [0.4, 0.5) is 13.2 Å². The number of hydrogen-bond donors (Lipinski definition) is 2. The summed E-state index contributed by atoms with van der Waals surface area (Å²) in [4.78, 5) is 22.4. The summed E-state index contributed by atoms with van der Waals surface area (Å²) in [5.41, 5.74) is -2.42. The quantitative estimate of drug-likeness (QED) is 0.778. The van der Waals surface area contributed by atoms with Gasteiger partial charge in [-0.15, -0.1) is 0 Å². The lowest BCUT2D eigenvalue weighted by molar-refractivity contribution is -0.193. The second-order valence-electron chi connectivity index (χ2n) is 4.31. The Hall–Kier alpha value is -1.31. The summed E-state index contributed by atoms with van der Waals surface area (Å²) < 4.78 is 42.6. The van der Waals surface area contributed by atoms with Crippen molar-refractivity contribution in [1.29, 1.82) is 0 Å². The molecule has 0 saturated heterocycles. The van der Waals surface area contributed by atoms with Crippen LogP contribution in [0.1, 0.15) is 19.8 Å². The molecule has 0 aromatic rings. The van der Waals surface area contributed by atoms with E-state index in [4.69, 9.17) is 9.84 Å². The van der Waals surface area contributed by atoms with Crippen molar-refractivity contribution >= 4 is 11.9 Å². The number of carboxylic acids is 1. The van der Waals surface area contributed by atoms with Gasteiger partial charge in [0.2, 0.25) is 5.91 Å². The Labute approximate surface area is 101 Å². The summed E-state index contributed by atoms with van der Waals surface area (Å²) in [5.74, 6) is -2.73. The van der Waals surface area contributed by atoms with Gasteiger partial charge in [-0.3, -0.25) is 4.79 Å². The summed E-state index contributed by atoms with van der Waals surface area (Å²) in [6, 6.07) is -1.50. The van der Waals surface area contributed by atoms with Crippen molar-refractivity contribution < 1.29 is 32.6 Å². The van der Waals surface area contributed by atoms with Crippen LogP contribution < -0.4 is 5.32 Å². The van der Waals surface area contributed by atoms with Gasteiger partial charge in [-0.1, -0.05) is 0 Å². The largest absolute Gasteiger partial charge is 0.480 e. The number of carbonyl (C=O) groups is 2. The van der Waals surface area contributed by atoms with Gasteiger partial charge in [0.1, 0.15) is 5.41 Å². The minimum Gasteiger partial charge on any atom is -0.480 e. The van der Waals surface area contributed by atoms with Crippen LogP contribution in [0.3, 0.4) is 0 Å². The minimum absolute atomic E-state index is 0.309. The van der Waals surface area contributed by atoms with E-state index in [2.05, 4.69) is 0 Å². The number of aliphatic carboxylic acids is 1. The molecule has 1 amide bonds. The van der Waals surface area contributed by atoms with E-state index in [0.717, 1.165) is 0 Å². The first-order valence-electron chi connectivity index (χ1n) is 5.29. The molecule has 1 rings (SSSR count). The maximum Gasteiger partial charge on any atom is 0.403 e. The summed E-state index contributed by atoms with van der Waals surface area (Å²) >= 11 is 0. The molecule has 8 heteroatoms. The van der Waals surface area contributed by atoms with Crippen LogP contribution in [0.2, 0.25) is 0 Å². The lowest BCUT2D eigenvalue weighted by Gasteiger charge is -2.24. The maximum absolute atomic E-state index is 12.6. The molecule has 0 aromatic heterocycles. The molecule has 5 nitrogen and oxygen atoms in total. The van der Waals surface area contributed by atoms with Crippen LogP contribution in [-0.2, 0) is 14.3 Å². The number of rotatable bonds is 5. The Morgan fingerprint density at radius 3 is 2.17 bits per heavy atom. The molecule has 1 saturated carbocycles. The zero-order valence-corrected chi connectivity index (χ0v) is 9.87. The highest BCUT2D eigenvalue weighted by molar-refractivity contribution is 5.90. The number of carboxylic acid groups (broad SMARTS) is 1. The predicted octanol–water partition coefficient (Wildman–Crippen LogP) is 0.933. The maximum atomic E-state index is 12.6. The molecule has 0 radical (unpaired) electrons. The molecule has 1 fully saturated rings. The first-order valence-corrected chi connectivity index (χ1v) is 5.29. The van der Waals surface area contributed by atoms with E-state index in [0.29, 0.717) is 0 Å². The van der Waals surface area contributed by atoms with E-state index in [9.17, 15) is 22.8 Å². The number of carbonyl (C=O) groups excluding carboxylic acids is 1. The Morgan fingerprint density at radius 1 is 1.39 bits per heavy atom. The third-order valence-electron chi connectivity index (χ3n) is 3.12. The van der Waals surface area contributed by atoms with Gasteiger partial charge in [0, 0.05) is 7.11 Å². The average molecular weight is 269 g/mol. The summed E-state index contributed by atoms with van der Waals surface area (Å²) in [6.07, 6.45) is -6.20. The topological polar surface area (TPSA) is 75.6 Å². The first-order chi connectivity index (χ1) is 8.15. The zero-order chi connectivity index (χ0) is 14.1. The highest BCUT2D eigenvalue weighted by atomic mass is 19.4. The van der Waals surface area contributed by atoms with Crippen molar-refractivity contribution in [3.8, 4) is 0 Å². The van der Waals surface area contributed by atoms with Crippen LogP contribution in [0, 0.1) is 5.41 Å². The van der Waals surface area contributed by atoms with E-state index in [1.54, 1.807) is 0 Å². The number of nitrogens with one attached hydrogen (secondary N) is 1. The lowest BCUT2D eigenvalue weighted by atomic mass is 10.0. The molecule has 0 heterocycles. The fourth-order valence-corrected chi connectivity index (χ4v) is 1.56. The standard InChI is InChI=1S/C10H14F3NO4/c1-5(18-2)6(7(15)16)14-8(17)9(3-4-9)10(11,12)13/h5-6H,3-4H2,1-2H3,(H,14,17)(H,15,16)/t5-,6+/m1/s1. The smallest absolute Gasteiger partial charge is 0.403 e. The Kier molecular flexibility index (Phi) is 3.89. The van der Waals surface area contributed by atoms with Gasteiger partial charge >= 0.3 is 12.1 Å². The predicted molar refractivity (Wildman–Crippen MR) is 53.8 cm³/mol. The second-order valence-corrected chi connectivity index (χ2v) is 4.31. The van der Waals surface area contributed by atoms with Crippen molar-refractivity contribution in [2.75, 3.05) is 7.11 Å². The Morgan fingerprint density at radius 2 is 1.89 bits per heavy atom. The van der Waals surface area contributed by atoms with Gasteiger partial charge in [0.05, 0.1) is 6.10 Å². The van der Waals surface area contributed by atoms with E-state index in [-0.39, 0.29) is 12.8 Å². The van der Waals surface area contributed by atoms with Crippen molar-refractivity contribution in [2.45, 2.75) is 38.1 Å². The molecular formula is C10H14F3NO4. The summed E-state index contributed by atoms with van der Waals surface area (Å²) in [5, 5.41) is 10.7. The molecule has 0 aromatic carbocycles. The first kappa shape index (κ1) is 14.7. The summed E-state index contributed by atoms with van der Waals surface area (Å²) in [6.45, 7) is 1.35. The highest BCUT2D eigenvalue weighted by Gasteiger charge is 2.68. The fourth-order valence-electron chi connectivity index (χ4n) is 1.56. The monoisotopic (exact) mass is 269 g/mol. The molecule has 0 aliphatic heterocycles. The Bertz CT molecular complexity index is 352. The molecule has 0 unspecified atom stereocenters. The molecule has 104 valence electrons. The summed E-state index contributed by atoms with van der Waals surface area (Å²) in [7, 11) is 1.21. The van der Waals surface area contributed by atoms with E-state index < -0.39 is 35.6 Å². The minimum atomic E-state index is -4.66. The number of hydrogen-bond acceptors (Lipinski definition) is 3. The number of alkyl halides is 3. The number of amides is 1. The van der Waals surface area contributed by atoms with Gasteiger partial charge in [-0.25, -0.2) is 4.79 Å². The van der Waals surface area contributed by atoms with Crippen LogP contribution in [-0.4, -0.2) is 42.4 Å². The van der Waals surface area contributed by atoms with Crippen molar-refractivity contribution in [2.24, 2.45) is 5.41 Å². The fraction of sp³-hybridized carbons (Fsp3) is 0.800. The normalized spacial score (nSPS) is 20.9. The zero-order valence-electron chi connectivity index (χ0n) is 9.87. The van der Waals surface area contributed by atoms with Gasteiger partial charge in [-0.2, -0.15) is 13.2 Å². The lowest BCUT2D eigenvalue weighted by Crippen LogP contribution is -2.53. The Balaban J connectivity index is 2.78. The van der Waals surface area contributed by atoms with Gasteiger partial charge in [0.15, 0.2) is 6.04 Å². The van der Waals surface area contributed by atoms with Crippen LogP contribution in [0.15, 0.2) is 0 Å². The van der Waals surface area contributed by atoms with Crippen LogP contribution in [0.25, 0.3) is 0 Å². The molecule has 0 spiro atoms. The molecule has 1 aliphatic carbocycles. The van der Waals surface area contributed by atoms with Gasteiger partial charge in [0.25, 0.3) is 0 Å². The average Bonchev–Trinajstić information content (AvgIpc) is 3.04. The van der Waals surface area contributed by atoms with Crippen LogP contribution in [0.5, 0.6) is 0 Å². The number of methoxy groups -OCH3 is 1. The molecule has 2 N–H and O–H groups in total. The number of ether oxygens (including phenoxy) is 1. The van der Waals surface area contributed by atoms with Crippen molar-refractivity contribution in [3.63, 3.8) is 0 Å². The van der Waals surface area contributed by atoms with Crippen molar-refractivity contribution in [1.82, 2.24) is 5.32 Å². The molecule has 1 aliphatic rings. The third kappa shape index (κ3) is 2.58. The van der Waals surface area contributed by atoms with E-state index in [1.165, 1.54) is 14.0 Å². The second kappa shape index (κ2) is 4.75. The molecule has 18 heavy (non-hydrogen) atoms. The molecular weight excluding hydrogens is 255 g/mol. The van der Waals surface area contributed by atoms with Crippen molar-refractivity contribution in [3.05, 3.63) is 0 Å². The van der Waals surface area contributed by atoms with E-state index >= 15 is 0 Å². The van der Waals surface area contributed by atoms with Gasteiger partial charge in [-0.05, 0) is 19.8 Å². The molecule has 2 atom stereocenters. The highest BCUT2D eigenvalue weighted by Crippen LogP contribution is 2.57. The van der Waals surface area contributed by atoms with Crippen LogP contribution >= 0.6 is 0 Å². The van der Waals surface area contributed by atoms with E-state index in [1.807, 2.05) is 5.32 Å².